The fourth-order valence-corrected chi connectivity index (χ4v) is 2.97. The summed E-state index contributed by atoms with van der Waals surface area (Å²) >= 11 is 0. The molecular formula is C16H25NO. The highest BCUT2D eigenvalue weighted by Crippen LogP contribution is 2.23. The van der Waals surface area contributed by atoms with Gasteiger partial charge in [-0.25, -0.2) is 0 Å². The second-order valence-electron chi connectivity index (χ2n) is 5.57. The van der Waals surface area contributed by atoms with Crippen molar-refractivity contribution in [1.29, 1.82) is 0 Å². The first-order valence-corrected chi connectivity index (χ1v) is 7.21. The monoisotopic (exact) mass is 247 g/mol. The van der Waals surface area contributed by atoms with Gasteiger partial charge in [0.1, 0.15) is 0 Å². The molecule has 1 aromatic rings. The summed E-state index contributed by atoms with van der Waals surface area (Å²) in [6.07, 6.45) is 6.23. The summed E-state index contributed by atoms with van der Waals surface area (Å²) in [6.45, 7) is 2.49. The second kappa shape index (κ2) is 6.91. The summed E-state index contributed by atoms with van der Waals surface area (Å²) in [6, 6.07) is 11.4. The van der Waals surface area contributed by atoms with Gasteiger partial charge >= 0.3 is 0 Å². The molecule has 2 nitrogen and oxygen atoms in total. The molecule has 0 amide bonds. The minimum absolute atomic E-state index is 0.239. The Kier molecular flexibility index (Phi) is 5.21. The van der Waals surface area contributed by atoms with E-state index in [-0.39, 0.29) is 12.6 Å². The van der Waals surface area contributed by atoms with E-state index < -0.39 is 0 Å². The van der Waals surface area contributed by atoms with Crippen LogP contribution in [0.25, 0.3) is 0 Å². The highest BCUT2D eigenvalue weighted by molar-refractivity contribution is 5.18. The molecule has 1 saturated carbocycles. The molecule has 1 aliphatic carbocycles. The van der Waals surface area contributed by atoms with Crippen molar-refractivity contribution in [3.63, 3.8) is 0 Å². The minimum atomic E-state index is 0.239. The lowest BCUT2D eigenvalue weighted by Crippen LogP contribution is -2.39. The first-order chi connectivity index (χ1) is 8.79. The van der Waals surface area contributed by atoms with Crippen molar-refractivity contribution in [2.45, 2.75) is 57.0 Å². The van der Waals surface area contributed by atoms with Crippen LogP contribution in [0.1, 0.15) is 50.5 Å². The Labute approximate surface area is 110 Å². The molecule has 0 saturated heterocycles. The van der Waals surface area contributed by atoms with Crippen molar-refractivity contribution < 1.29 is 5.11 Å². The Morgan fingerprint density at radius 2 is 1.89 bits per heavy atom. The fourth-order valence-electron chi connectivity index (χ4n) is 2.97. The maximum absolute atomic E-state index is 9.52. The molecule has 2 heteroatoms. The van der Waals surface area contributed by atoms with Gasteiger partial charge in [0.05, 0.1) is 6.61 Å². The number of nitrogens with one attached hydrogen (secondary N) is 1. The predicted octanol–water partition coefficient (Wildman–Crippen LogP) is 3.07. The third kappa shape index (κ3) is 3.82. The molecule has 100 valence electrons. The van der Waals surface area contributed by atoms with Gasteiger partial charge in [0.15, 0.2) is 0 Å². The highest BCUT2D eigenvalue weighted by atomic mass is 16.3. The summed E-state index contributed by atoms with van der Waals surface area (Å²) in [5, 5.41) is 13.1. The first kappa shape index (κ1) is 13.6. The zero-order valence-electron chi connectivity index (χ0n) is 11.3. The zero-order chi connectivity index (χ0) is 12.8. The number of hydrogen-bond acceptors (Lipinski definition) is 2. The van der Waals surface area contributed by atoms with E-state index in [1.54, 1.807) is 0 Å². The van der Waals surface area contributed by atoms with Crippen LogP contribution in [0.3, 0.4) is 0 Å². The van der Waals surface area contributed by atoms with Gasteiger partial charge in [-0.3, -0.25) is 0 Å². The highest BCUT2D eigenvalue weighted by Gasteiger charge is 2.20. The van der Waals surface area contributed by atoms with Crippen molar-refractivity contribution >= 4 is 0 Å². The molecule has 2 N–H and O–H groups in total. The van der Waals surface area contributed by atoms with Crippen molar-refractivity contribution in [2.75, 3.05) is 6.61 Å². The number of hydrogen-bond donors (Lipinski definition) is 2. The van der Waals surface area contributed by atoms with Gasteiger partial charge in [0.2, 0.25) is 0 Å². The molecule has 2 atom stereocenters. The Bertz CT molecular complexity index is 332. The average Bonchev–Trinajstić information content (AvgIpc) is 2.91. The van der Waals surface area contributed by atoms with Gasteiger partial charge in [-0.15, -0.1) is 0 Å². The van der Waals surface area contributed by atoms with E-state index in [2.05, 4.69) is 42.6 Å². The van der Waals surface area contributed by atoms with Gasteiger partial charge in [0.25, 0.3) is 0 Å². The summed E-state index contributed by atoms with van der Waals surface area (Å²) in [7, 11) is 0. The lowest BCUT2D eigenvalue weighted by Gasteiger charge is -2.24. The van der Waals surface area contributed by atoms with Crippen molar-refractivity contribution in [1.82, 2.24) is 5.32 Å². The molecule has 0 aliphatic heterocycles. The SMILES string of the molecule is CC(CC(CO)NC1CCCC1)c1ccccc1. The van der Waals surface area contributed by atoms with Gasteiger partial charge in [-0.1, -0.05) is 50.1 Å². The normalized spacial score (nSPS) is 19.9. The van der Waals surface area contributed by atoms with Crippen LogP contribution >= 0.6 is 0 Å². The molecule has 0 spiro atoms. The zero-order valence-corrected chi connectivity index (χ0v) is 11.3. The topological polar surface area (TPSA) is 32.3 Å². The van der Waals surface area contributed by atoms with Crippen molar-refractivity contribution in [3.05, 3.63) is 35.9 Å². The lowest BCUT2D eigenvalue weighted by molar-refractivity contribution is 0.219. The van der Waals surface area contributed by atoms with E-state index in [4.69, 9.17) is 0 Å². The number of aliphatic hydroxyl groups is 1. The van der Waals surface area contributed by atoms with Crippen LogP contribution < -0.4 is 5.32 Å². The third-order valence-corrected chi connectivity index (χ3v) is 4.05. The minimum Gasteiger partial charge on any atom is -0.395 e. The number of aliphatic hydroxyl groups excluding tert-OH is 1. The smallest absolute Gasteiger partial charge is 0.0584 e. The second-order valence-corrected chi connectivity index (χ2v) is 5.57. The Balaban J connectivity index is 1.85. The molecule has 2 rings (SSSR count). The maximum Gasteiger partial charge on any atom is 0.0584 e. The quantitative estimate of drug-likeness (QED) is 0.809. The average molecular weight is 247 g/mol. The van der Waals surface area contributed by atoms with Crippen LogP contribution in [-0.4, -0.2) is 23.8 Å². The van der Waals surface area contributed by atoms with Crippen molar-refractivity contribution in [2.24, 2.45) is 0 Å². The molecule has 0 heterocycles. The third-order valence-electron chi connectivity index (χ3n) is 4.05. The van der Waals surface area contributed by atoms with Gasteiger partial charge in [-0.2, -0.15) is 0 Å². The molecule has 0 radical (unpaired) electrons. The van der Waals surface area contributed by atoms with Crippen LogP contribution in [-0.2, 0) is 0 Å². The van der Waals surface area contributed by atoms with Gasteiger partial charge in [-0.05, 0) is 30.7 Å². The van der Waals surface area contributed by atoms with Gasteiger partial charge in [0, 0.05) is 12.1 Å². The van der Waals surface area contributed by atoms with Crippen LogP contribution in [0.4, 0.5) is 0 Å². The van der Waals surface area contributed by atoms with Crippen molar-refractivity contribution in [3.8, 4) is 0 Å². The molecule has 1 fully saturated rings. The van der Waals surface area contributed by atoms with Crippen LogP contribution in [0.2, 0.25) is 0 Å². The van der Waals surface area contributed by atoms with E-state index in [1.165, 1.54) is 31.2 Å². The Morgan fingerprint density at radius 3 is 2.50 bits per heavy atom. The largest absolute Gasteiger partial charge is 0.395 e. The van der Waals surface area contributed by atoms with E-state index in [0.29, 0.717) is 12.0 Å². The number of benzene rings is 1. The van der Waals surface area contributed by atoms with Crippen LogP contribution in [0.15, 0.2) is 30.3 Å². The van der Waals surface area contributed by atoms with Crippen LogP contribution in [0, 0.1) is 0 Å². The molecule has 18 heavy (non-hydrogen) atoms. The maximum atomic E-state index is 9.52. The predicted molar refractivity (Wildman–Crippen MR) is 75.7 cm³/mol. The fraction of sp³-hybridized carbons (Fsp3) is 0.625. The molecule has 0 bridgehead atoms. The number of rotatable bonds is 6. The Hall–Kier alpha value is -0.860. The summed E-state index contributed by atoms with van der Waals surface area (Å²) < 4.78 is 0. The molecule has 1 aliphatic rings. The molecular weight excluding hydrogens is 222 g/mol. The molecule has 1 aromatic carbocycles. The summed E-state index contributed by atoms with van der Waals surface area (Å²) in [5.74, 6) is 0.497. The van der Waals surface area contributed by atoms with E-state index in [1.807, 2.05) is 0 Å². The van der Waals surface area contributed by atoms with E-state index in [0.717, 1.165) is 6.42 Å². The van der Waals surface area contributed by atoms with Crippen LogP contribution in [0.5, 0.6) is 0 Å². The first-order valence-electron chi connectivity index (χ1n) is 7.21. The summed E-state index contributed by atoms with van der Waals surface area (Å²) in [4.78, 5) is 0. The van der Waals surface area contributed by atoms with E-state index in [9.17, 15) is 5.11 Å². The standard InChI is InChI=1S/C16H25NO/c1-13(14-7-3-2-4-8-14)11-16(12-18)17-15-9-5-6-10-15/h2-4,7-8,13,15-18H,5-6,9-12H2,1H3. The summed E-state index contributed by atoms with van der Waals surface area (Å²) in [5.41, 5.74) is 1.36. The molecule has 2 unspecified atom stereocenters. The Morgan fingerprint density at radius 1 is 1.22 bits per heavy atom. The van der Waals surface area contributed by atoms with Gasteiger partial charge < -0.3 is 10.4 Å². The molecule has 0 aromatic heterocycles. The van der Waals surface area contributed by atoms with E-state index >= 15 is 0 Å². The lowest BCUT2D eigenvalue weighted by atomic mass is 9.94.